The van der Waals surface area contributed by atoms with Gasteiger partial charge in [-0.15, -0.1) is 0 Å². The second-order valence-corrected chi connectivity index (χ2v) is 4.39. The van der Waals surface area contributed by atoms with Gasteiger partial charge in [-0.1, -0.05) is 17.7 Å². The summed E-state index contributed by atoms with van der Waals surface area (Å²) < 4.78 is 39.3. The zero-order valence-electron chi connectivity index (χ0n) is 10.3. The van der Waals surface area contributed by atoms with Crippen LogP contribution < -0.4 is 5.84 Å². The minimum Gasteiger partial charge on any atom is -0.323 e. The Balaban J connectivity index is 2.55. The molecule has 1 aromatic heterocycles. The number of rotatable bonds is 2. The fraction of sp³-hybridized carbons (Fsp3) is 0.167. The Kier molecular flexibility index (Phi) is 3.71. The van der Waals surface area contributed by atoms with E-state index in [1.807, 2.05) is 0 Å². The Morgan fingerprint density at radius 2 is 2.10 bits per heavy atom. The van der Waals surface area contributed by atoms with E-state index in [4.69, 9.17) is 17.4 Å². The molecule has 0 aliphatic heterocycles. The van der Waals surface area contributed by atoms with Crippen LogP contribution in [0.3, 0.4) is 0 Å². The Morgan fingerprint density at radius 1 is 1.40 bits per heavy atom. The van der Waals surface area contributed by atoms with Crippen molar-refractivity contribution in [2.45, 2.75) is 13.1 Å². The summed E-state index contributed by atoms with van der Waals surface area (Å²) in [5.41, 5.74) is 0.422. The summed E-state index contributed by atoms with van der Waals surface area (Å²) in [4.78, 5) is 0. The average molecular weight is 303 g/mol. The van der Waals surface area contributed by atoms with Gasteiger partial charge >= 0.3 is 6.18 Å². The van der Waals surface area contributed by atoms with E-state index in [1.54, 1.807) is 6.92 Å². The second kappa shape index (κ2) is 5.16. The molecule has 0 radical (unpaired) electrons. The predicted molar refractivity (Wildman–Crippen MR) is 70.1 cm³/mol. The van der Waals surface area contributed by atoms with Gasteiger partial charge < -0.3 is 5.84 Å². The fourth-order valence-corrected chi connectivity index (χ4v) is 2.04. The van der Waals surface area contributed by atoms with Crippen LogP contribution >= 0.6 is 11.6 Å². The number of nitrogens with two attached hydrogens (primary N) is 1. The lowest BCUT2D eigenvalue weighted by Crippen LogP contribution is -2.06. The van der Waals surface area contributed by atoms with Crippen LogP contribution in [-0.4, -0.2) is 16.0 Å². The molecule has 0 spiro atoms. The highest BCUT2D eigenvalue weighted by Crippen LogP contribution is 2.31. The third-order valence-electron chi connectivity index (χ3n) is 2.67. The first kappa shape index (κ1) is 14.4. The van der Waals surface area contributed by atoms with Crippen LogP contribution in [-0.2, 0) is 6.18 Å². The highest BCUT2D eigenvalue weighted by Gasteiger charge is 2.30. The van der Waals surface area contributed by atoms with Crippen molar-refractivity contribution in [2.75, 3.05) is 0 Å². The van der Waals surface area contributed by atoms with Crippen molar-refractivity contribution in [2.24, 2.45) is 10.9 Å². The smallest absolute Gasteiger partial charge is 0.323 e. The number of alkyl halides is 3. The fourth-order valence-electron chi connectivity index (χ4n) is 1.72. The number of aryl methyl sites for hydroxylation is 1. The molecular formula is C12H10ClF3N4. The molecule has 0 saturated carbocycles. The molecule has 1 heterocycles. The van der Waals surface area contributed by atoms with Crippen molar-refractivity contribution in [3.8, 4) is 5.69 Å². The topological polar surface area (TPSA) is 56.2 Å². The highest BCUT2D eigenvalue weighted by atomic mass is 35.5. The molecule has 0 aliphatic rings. The zero-order valence-corrected chi connectivity index (χ0v) is 11.1. The van der Waals surface area contributed by atoms with Crippen LogP contribution in [0, 0.1) is 6.92 Å². The SMILES string of the molecule is Cc1nn(-c2cccc(C(F)(F)F)c2)c(Cl)c1/C=N\N. The average Bonchev–Trinajstić information content (AvgIpc) is 2.66. The maximum absolute atomic E-state index is 12.7. The van der Waals surface area contributed by atoms with Crippen molar-refractivity contribution in [1.29, 1.82) is 0 Å². The highest BCUT2D eigenvalue weighted by molar-refractivity contribution is 6.32. The molecule has 106 valence electrons. The van der Waals surface area contributed by atoms with E-state index in [9.17, 15) is 13.2 Å². The van der Waals surface area contributed by atoms with Crippen LogP contribution in [0.25, 0.3) is 5.69 Å². The number of hydrogen-bond acceptors (Lipinski definition) is 3. The lowest BCUT2D eigenvalue weighted by Gasteiger charge is -2.09. The lowest BCUT2D eigenvalue weighted by atomic mass is 10.2. The number of hydrogen-bond donors (Lipinski definition) is 1. The molecule has 0 atom stereocenters. The molecule has 0 unspecified atom stereocenters. The van der Waals surface area contributed by atoms with Crippen LogP contribution in [0.5, 0.6) is 0 Å². The molecule has 0 amide bonds. The van der Waals surface area contributed by atoms with E-state index < -0.39 is 11.7 Å². The van der Waals surface area contributed by atoms with Gasteiger partial charge in [0, 0.05) is 0 Å². The van der Waals surface area contributed by atoms with Gasteiger partial charge in [0.1, 0.15) is 5.15 Å². The van der Waals surface area contributed by atoms with Gasteiger partial charge in [0.05, 0.1) is 28.7 Å². The van der Waals surface area contributed by atoms with Gasteiger partial charge in [0.25, 0.3) is 0 Å². The Hall–Kier alpha value is -2.02. The summed E-state index contributed by atoms with van der Waals surface area (Å²) in [6.07, 6.45) is -3.12. The third-order valence-corrected chi connectivity index (χ3v) is 3.03. The van der Waals surface area contributed by atoms with Crippen molar-refractivity contribution >= 4 is 17.8 Å². The first-order valence-electron chi connectivity index (χ1n) is 5.50. The van der Waals surface area contributed by atoms with Gasteiger partial charge in [-0.3, -0.25) is 0 Å². The number of nitrogens with zero attached hydrogens (tertiary/aromatic N) is 3. The summed E-state index contributed by atoms with van der Waals surface area (Å²) in [7, 11) is 0. The lowest BCUT2D eigenvalue weighted by molar-refractivity contribution is -0.137. The van der Waals surface area contributed by atoms with Gasteiger partial charge in [-0.2, -0.15) is 23.4 Å². The Bertz CT molecular complexity index is 661. The van der Waals surface area contributed by atoms with Gasteiger partial charge in [-0.25, -0.2) is 4.68 Å². The van der Waals surface area contributed by atoms with Crippen LogP contribution in [0.4, 0.5) is 13.2 Å². The summed E-state index contributed by atoms with van der Waals surface area (Å²) in [5.74, 6) is 5.05. The molecule has 0 aliphatic carbocycles. The van der Waals surface area contributed by atoms with E-state index in [-0.39, 0.29) is 10.8 Å². The van der Waals surface area contributed by atoms with E-state index in [2.05, 4.69) is 10.2 Å². The molecule has 2 aromatic rings. The van der Waals surface area contributed by atoms with E-state index in [1.165, 1.54) is 23.0 Å². The maximum atomic E-state index is 12.7. The zero-order chi connectivity index (χ0) is 14.9. The first-order valence-corrected chi connectivity index (χ1v) is 5.88. The van der Waals surface area contributed by atoms with Gasteiger partial charge in [0.2, 0.25) is 0 Å². The quantitative estimate of drug-likeness (QED) is 0.526. The van der Waals surface area contributed by atoms with Gasteiger partial charge in [-0.05, 0) is 25.1 Å². The molecule has 0 bridgehead atoms. The predicted octanol–water partition coefficient (Wildman–Crippen LogP) is 3.15. The van der Waals surface area contributed by atoms with Crippen LogP contribution in [0.15, 0.2) is 29.4 Å². The third kappa shape index (κ3) is 2.62. The van der Waals surface area contributed by atoms with Crippen molar-refractivity contribution in [1.82, 2.24) is 9.78 Å². The summed E-state index contributed by atoms with van der Waals surface area (Å²) in [6, 6.07) is 4.73. The minimum atomic E-state index is -4.42. The van der Waals surface area contributed by atoms with Crippen molar-refractivity contribution in [3.05, 3.63) is 46.2 Å². The summed E-state index contributed by atoms with van der Waals surface area (Å²) >= 11 is 6.08. The molecule has 2 N–H and O–H groups in total. The number of benzene rings is 1. The second-order valence-electron chi connectivity index (χ2n) is 4.03. The molecule has 4 nitrogen and oxygen atoms in total. The molecule has 1 aromatic carbocycles. The molecule has 2 rings (SSSR count). The largest absolute Gasteiger partial charge is 0.416 e. The Morgan fingerprint density at radius 3 is 2.70 bits per heavy atom. The summed E-state index contributed by atoms with van der Waals surface area (Å²) in [5, 5.41) is 7.59. The molecule has 20 heavy (non-hydrogen) atoms. The number of halogens is 4. The molecule has 0 fully saturated rings. The van der Waals surface area contributed by atoms with E-state index in [0.717, 1.165) is 12.1 Å². The Labute approximate surface area is 117 Å². The van der Waals surface area contributed by atoms with Crippen molar-refractivity contribution in [3.63, 3.8) is 0 Å². The standard InChI is InChI=1S/C12H10ClF3N4/c1-7-10(6-18-17)11(13)20(19-7)9-4-2-3-8(5-9)12(14,15)16/h2-6H,17H2,1H3/b18-6-. The first-order chi connectivity index (χ1) is 9.34. The minimum absolute atomic E-state index is 0.149. The van der Waals surface area contributed by atoms with Crippen LogP contribution in [0.1, 0.15) is 16.8 Å². The van der Waals surface area contributed by atoms with Crippen LogP contribution in [0.2, 0.25) is 5.15 Å². The van der Waals surface area contributed by atoms with Crippen molar-refractivity contribution < 1.29 is 13.2 Å². The number of aromatic nitrogens is 2. The molecule has 0 saturated heterocycles. The van der Waals surface area contributed by atoms with E-state index in [0.29, 0.717) is 11.3 Å². The monoisotopic (exact) mass is 302 g/mol. The normalized spacial score (nSPS) is 12.2. The molecular weight excluding hydrogens is 293 g/mol. The molecule has 8 heteroatoms. The number of hydrazone groups is 1. The van der Waals surface area contributed by atoms with Gasteiger partial charge in [0.15, 0.2) is 0 Å². The maximum Gasteiger partial charge on any atom is 0.416 e. The van der Waals surface area contributed by atoms with E-state index >= 15 is 0 Å². The summed E-state index contributed by atoms with van der Waals surface area (Å²) in [6.45, 7) is 1.66.